The zero-order valence-electron chi connectivity index (χ0n) is 19.5. The van der Waals surface area contributed by atoms with Crippen molar-refractivity contribution in [1.82, 2.24) is 10.2 Å². The highest BCUT2D eigenvalue weighted by Crippen LogP contribution is 2.20. The number of amides is 2. The Hall–Kier alpha value is -3.90. The van der Waals surface area contributed by atoms with E-state index >= 15 is 0 Å². The fourth-order valence-corrected chi connectivity index (χ4v) is 3.80. The molecule has 1 heterocycles. The molecule has 0 aliphatic carbocycles. The van der Waals surface area contributed by atoms with E-state index in [1.54, 1.807) is 18.2 Å². The summed E-state index contributed by atoms with van der Waals surface area (Å²) in [7, 11) is 4.05. The van der Waals surface area contributed by atoms with E-state index in [1.807, 2.05) is 68.7 Å². The van der Waals surface area contributed by atoms with Gasteiger partial charge in [0.15, 0.2) is 5.76 Å². The molecule has 2 N–H and O–H groups in total. The van der Waals surface area contributed by atoms with Crippen molar-refractivity contribution in [2.24, 2.45) is 0 Å². The van der Waals surface area contributed by atoms with Gasteiger partial charge in [0, 0.05) is 23.7 Å². The van der Waals surface area contributed by atoms with Gasteiger partial charge >= 0.3 is 0 Å². The van der Waals surface area contributed by atoms with Crippen LogP contribution in [0.1, 0.15) is 21.7 Å². The van der Waals surface area contributed by atoms with Gasteiger partial charge in [-0.3, -0.25) is 9.59 Å². The van der Waals surface area contributed by atoms with Crippen LogP contribution in [0.3, 0.4) is 0 Å². The summed E-state index contributed by atoms with van der Waals surface area (Å²) in [6, 6.07) is 27.0. The fourth-order valence-electron chi connectivity index (χ4n) is 3.80. The molecule has 0 aliphatic heterocycles. The van der Waals surface area contributed by atoms with Crippen LogP contribution >= 0.6 is 0 Å². The highest BCUT2D eigenvalue weighted by molar-refractivity contribution is 6.04. The molecule has 0 spiro atoms. The van der Waals surface area contributed by atoms with Gasteiger partial charge in [-0.05, 0) is 55.9 Å². The third-order valence-electron chi connectivity index (χ3n) is 5.81. The quantitative estimate of drug-likeness (QED) is 0.389. The molecule has 4 aromatic rings. The van der Waals surface area contributed by atoms with E-state index in [2.05, 4.69) is 27.7 Å². The van der Waals surface area contributed by atoms with E-state index in [1.165, 1.54) is 5.56 Å². The third-order valence-corrected chi connectivity index (χ3v) is 5.81. The van der Waals surface area contributed by atoms with Crippen LogP contribution < -0.4 is 10.6 Å². The molecular weight excluding hydrogens is 426 g/mol. The van der Waals surface area contributed by atoms with Crippen molar-refractivity contribution in [3.05, 3.63) is 102 Å². The maximum Gasteiger partial charge on any atom is 0.291 e. The average molecular weight is 456 g/mol. The second-order valence-electron chi connectivity index (χ2n) is 8.59. The molecule has 6 nitrogen and oxygen atoms in total. The lowest BCUT2D eigenvalue weighted by Crippen LogP contribution is -2.42. The minimum absolute atomic E-state index is 0.0287. The molecule has 3 aromatic carbocycles. The molecule has 0 saturated carbocycles. The standard InChI is InChI=1S/C28H29N3O3/c1-31(2)24(16-20-8-4-3-5-9-20)19-29-27(32)17-21-12-14-23(15-13-21)30-28(33)26-18-22-10-6-7-11-25(22)34-26/h3-15,18,24H,16-17,19H2,1-2H3,(H,29,32)(H,30,33). The normalized spacial score (nSPS) is 12.0. The molecule has 2 amide bonds. The summed E-state index contributed by atoms with van der Waals surface area (Å²) in [5.74, 6) is -0.0792. The van der Waals surface area contributed by atoms with E-state index in [9.17, 15) is 9.59 Å². The van der Waals surface area contributed by atoms with Crippen molar-refractivity contribution < 1.29 is 14.0 Å². The van der Waals surface area contributed by atoms with E-state index in [-0.39, 0.29) is 30.0 Å². The minimum atomic E-state index is -0.310. The van der Waals surface area contributed by atoms with Gasteiger partial charge in [-0.1, -0.05) is 60.7 Å². The Kier molecular flexibility index (Phi) is 7.40. The van der Waals surface area contributed by atoms with Gasteiger partial charge in [0.1, 0.15) is 5.58 Å². The number of benzene rings is 3. The topological polar surface area (TPSA) is 74.6 Å². The Morgan fingerprint density at radius 1 is 0.882 bits per heavy atom. The van der Waals surface area contributed by atoms with Gasteiger partial charge in [0.25, 0.3) is 5.91 Å². The number of nitrogens with zero attached hydrogens (tertiary/aromatic N) is 1. The van der Waals surface area contributed by atoms with E-state index in [0.717, 1.165) is 17.4 Å². The van der Waals surface area contributed by atoms with Crippen LogP contribution in [0.5, 0.6) is 0 Å². The molecule has 4 rings (SSSR count). The fraction of sp³-hybridized carbons (Fsp3) is 0.214. The average Bonchev–Trinajstić information content (AvgIpc) is 3.28. The van der Waals surface area contributed by atoms with Gasteiger partial charge in [0.05, 0.1) is 6.42 Å². The van der Waals surface area contributed by atoms with Crippen LogP contribution in [0, 0.1) is 0 Å². The monoisotopic (exact) mass is 455 g/mol. The lowest BCUT2D eigenvalue weighted by Gasteiger charge is -2.24. The lowest BCUT2D eigenvalue weighted by molar-refractivity contribution is -0.120. The van der Waals surface area contributed by atoms with Crippen molar-refractivity contribution in [2.45, 2.75) is 18.9 Å². The molecule has 0 saturated heterocycles. The van der Waals surface area contributed by atoms with Crippen molar-refractivity contribution >= 4 is 28.5 Å². The summed E-state index contributed by atoms with van der Waals surface area (Å²) < 4.78 is 5.61. The first kappa shape index (κ1) is 23.3. The number of hydrogen-bond acceptors (Lipinski definition) is 4. The number of carbonyl (C=O) groups excluding carboxylic acids is 2. The number of rotatable bonds is 9. The Morgan fingerprint density at radius 3 is 2.29 bits per heavy atom. The number of hydrogen-bond donors (Lipinski definition) is 2. The molecule has 0 radical (unpaired) electrons. The number of likely N-dealkylation sites (N-methyl/N-ethyl adjacent to an activating group) is 1. The Morgan fingerprint density at radius 2 is 1.59 bits per heavy atom. The largest absolute Gasteiger partial charge is 0.451 e. The van der Waals surface area contributed by atoms with Crippen LogP contribution in [-0.4, -0.2) is 43.4 Å². The minimum Gasteiger partial charge on any atom is -0.451 e. The molecule has 6 heteroatoms. The highest BCUT2D eigenvalue weighted by Gasteiger charge is 2.15. The van der Waals surface area contributed by atoms with Crippen LogP contribution in [-0.2, 0) is 17.6 Å². The van der Waals surface area contributed by atoms with Crippen LogP contribution in [0.15, 0.2) is 89.3 Å². The van der Waals surface area contributed by atoms with Gasteiger partial charge in [-0.25, -0.2) is 0 Å². The van der Waals surface area contributed by atoms with Crippen LogP contribution in [0.4, 0.5) is 5.69 Å². The first-order valence-corrected chi connectivity index (χ1v) is 11.3. The number of anilines is 1. The number of furan rings is 1. The predicted octanol–water partition coefficient (Wildman–Crippen LogP) is 4.52. The van der Waals surface area contributed by atoms with E-state index in [4.69, 9.17) is 4.42 Å². The molecule has 0 fully saturated rings. The summed E-state index contributed by atoms with van der Waals surface area (Å²) >= 11 is 0. The third kappa shape index (κ3) is 6.11. The van der Waals surface area contributed by atoms with E-state index < -0.39 is 0 Å². The van der Waals surface area contributed by atoms with E-state index in [0.29, 0.717) is 17.8 Å². The molecule has 0 bridgehead atoms. The van der Waals surface area contributed by atoms with Gasteiger partial charge in [-0.15, -0.1) is 0 Å². The lowest BCUT2D eigenvalue weighted by atomic mass is 10.0. The van der Waals surface area contributed by atoms with Gasteiger partial charge in [-0.2, -0.15) is 0 Å². The van der Waals surface area contributed by atoms with Crippen molar-refractivity contribution in [2.75, 3.05) is 26.0 Å². The second kappa shape index (κ2) is 10.8. The Bertz CT molecular complexity index is 1210. The predicted molar refractivity (Wildman–Crippen MR) is 135 cm³/mol. The smallest absolute Gasteiger partial charge is 0.291 e. The van der Waals surface area contributed by atoms with Crippen LogP contribution in [0.2, 0.25) is 0 Å². The molecular formula is C28H29N3O3. The van der Waals surface area contributed by atoms with Gasteiger partial charge in [0.2, 0.25) is 5.91 Å². The summed E-state index contributed by atoms with van der Waals surface area (Å²) in [6.45, 7) is 0.576. The van der Waals surface area contributed by atoms with Crippen LogP contribution in [0.25, 0.3) is 11.0 Å². The molecule has 1 unspecified atom stereocenters. The molecule has 34 heavy (non-hydrogen) atoms. The van der Waals surface area contributed by atoms with Gasteiger partial charge < -0.3 is 20.0 Å². The number of carbonyl (C=O) groups is 2. The number of fused-ring (bicyclic) bond motifs is 1. The summed E-state index contributed by atoms with van der Waals surface area (Å²) in [6.07, 6.45) is 1.15. The zero-order valence-corrected chi connectivity index (χ0v) is 19.5. The molecule has 1 aromatic heterocycles. The zero-order chi connectivity index (χ0) is 23.9. The van der Waals surface area contributed by atoms with Crippen molar-refractivity contribution in [3.63, 3.8) is 0 Å². The summed E-state index contributed by atoms with van der Waals surface area (Å²) in [5, 5.41) is 6.77. The molecule has 174 valence electrons. The Balaban J connectivity index is 1.28. The SMILES string of the molecule is CN(C)C(CNC(=O)Cc1ccc(NC(=O)c2cc3ccccc3o2)cc1)Cc1ccccc1. The first-order valence-electron chi connectivity index (χ1n) is 11.3. The number of para-hydroxylation sites is 1. The summed E-state index contributed by atoms with van der Waals surface area (Å²) in [4.78, 5) is 27.2. The Labute approximate surface area is 199 Å². The second-order valence-corrected chi connectivity index (χ2v) is 8.59. The maximum atomic E-state index is 12.5. The molecule has 0 aliphatic rings. The first-order chi connectivity index (χ1) is 16.5. The highest BCUT2D eigenvalue weighted by atomic mass is 16.3. The molecule has 1 atom stereocenters. The summed E-state index contributed by atoms with van der Waals surface area (Å²) in [5.41, 5.74) is 3.44. The van der Waals surface area contributed by atoms with Crippen molar-refractivity contribution in [3.8, 4) is 0 Å². The van der Waals surface area contributed by atoms with Crippen molar-refractivity contribution in [1.29, 1.82) is 0 Å². The maximum absolute atomic E-state index is 12.5. The number of nitrogens with one attached hydrogen (secondary N) is 2.